The second kappa shape index (κ2) is 7.83. The average molecular weight is 337 g/mol. The molecule has 0 fully saturated rings. The van der Waals surface area contributed by atoms with Crippen LogP contribution in [0.1, 0.15) is 23.1 Å². The molecular formula is C20H23N3O2. The maximum Gasteiger partial charge on any atom is 0.257 e. The summed E-state index contributed by atoms with van der Waals surface area (Å²) in [6, 6.07) is 15.9. The van der Waals surface area contributed by atoms with Crippen molar-refractivity contribution in [2.75, 3.05) is 18.0 Å². The molecule has 2 aromatic rings. The number of amides is 2. The normalized spacial score (nSPS) is 13.1. The Morgan fingerprint density at radius 3 is 2.52 bits per heavy atom. The Hall–Kier alpha value is -2.82. The molecule has 1 heterocycles. The molecule has 0 saturated heterocycles. The van der Waals surface area contributed by atoms with E-state index in [2.05, 4.69) is 21.8 Å². The van der Waals surface area contributed by atoms with Crippen LogP contribution in [0.4, 0.5) is 5.69 Å². The first-order valence-corrected chi connectivity index (χ1v) is 8.58. The van der Waals surface area contributed by atoms with Gasteiger partial charge in [0.25, 0.3) is 5.91 Å². The Bertz CT molecular complexity index is 756. The van der Waals surface area contributed by atoms with Gasteiger partial charge in [-0.2, -0.15) is 0 Å². The molecule has 2 aromatic carbocycles. The summed E-state index contributed by atoms with van der Waals surface area (Å²) < 4.78 is 0. The van der Waals surface area contributed by atoms with Crippen molar-refractivity contribution in [3.8, 4) is 0 Å². The minimum absolute atomic E-state index is 0.214. The molecular weight excluding hydrogens is 314 g/mol. The largest absolute Gasteiger partial charge is 0.362 e. The molecule has 0 atom stereocenters. The van der Waals surface area contributed by atoms with Gasteiger partial charge in [-0.1, -0.05) is 48.0 Å². The molecule has 1 aliphatic rings. The third-order valence-electron chi connectivity index (χ3n) is 4.37. The first-order chi connectivity index (χ1) is 12.1. The number of para-hydroxylation sites is 1. The van der Waals surface area contributed by atoms with Crippen molar-refractivity contribution in [1.82, 2.24) is 10.9 Å². The van der Waals surface area contributed by atoms with Gasteiger partial charge in [-0.15, -0.1) is 0 Å². The minimum atomic E-state index is -0.226. The molecule has 0 aliphatic carbocycles. The number of hydrogen-bond acceptors (Lipinski definition) is 3. The maximum atomic E-state index is 12.2. The summed E-state index contributed by atoms with van der Waals surface area (Å²) >= 11 is 0. The number of hydrogen-bond donors (Lipinski definition) is 2. The van der Waals surface area contributed by atoms with Crippen molar-refractivity contribution in [3.05, 3.63) is 65.2 Å². The number of carbonyl (C=O) groups is 2. The molecule has 130 valence electrons. The van der Waals surface area contributed by atoms with Gasteiger partial charge in [-0.25, -0.2) is 0 Å². The number of hydrazine groups is 1. The summed E-state index contributed by atoms with van der Waals surface area (Å²) in [4.78, 5) is 26.2. The molecule has 1 aliphatic heterocycles. The van der Waals surface area contributed by atoms with Gasteiger partial charge in [0.1, 0.15) is 0 Å². The van der Waals surface area contributed by atoms with Gasteiger partial charge in [0, 0.05) is 12.2 Å². The van der Waals surface area contributed by atoms with E-state index in [0.29, 0.717) is 0 Å². The van der Waals surface area contributed by atoms with Crippen LogP contribution in [0.5, 0.6) is 0 Å². The molecule has 5 heteroatoms. The lowest BCUT2D eigenvalue weighted by Gasteiger charge is -2.30. The summed E-state index contributed by atoms with van der Waals surface area (Å²) in [5.41, 5.74) is 9.45. The van der Waals surface area contributed by atoms with E-state index in [1.54, 1.807) is 0 Å². The zero-order valence-corrected chi connectivity index (χ0v) is 14.4. The molecule has 0 spiro atoms. The topological polar surface area (TPSA) is 61.4 Å². The fraction of sp³-hybridized carbons (Fsp3) is 0.300. The number of anilines is 1. The van der Waals surface area contributed by atoms with E-state index in [-0.39, 0.29) is 24.8 Å². The Labute approximate surface area is 148 Å². The fourth-order valence-electron chi connectivity index (χ4n) is 3.06. The van der Waals surface area contributed by atoms with Gasteiger partial charge in [0.2, 0.25) is 5.91 Å². The lowest BCUT2D eigenvalue weighted by Crippen LogP contribution is -2.47. The van der Waals surface area contributed by atoms with Crippen LogP contribution in [-0.2, 0) is 22.4 Å². The van der Waals surface area contributed by atoms with Crippen molar-refractivity contribution in [3.63, 3.8) is 0 Å². The zero-order chi connectivity index (χ0) is 17.6. The third kappa shape index (κ3) is 4.59. The molecule has 0 aromatic heterocycles. The number of nitrogens with one attached hydrogen (secondary N) is 2. The Balaban J connectivity index is 1.48. The number of nitrogens with zero attached hydrogens (tertiary/aromatic N) is 1. The van der Waals surface area contributed by atoms with E-state index in [0.717, 1.165) is 36.2 Å². The van der Waals surface area contributed by atoms with Gasteiger partial charge in [-0.05, 0) is 37.0 Å². The Kier molecular flexibility index (Phi) is 5.33. The summed E-state index contributed by atoms with van der Waals surface area (Å²) in [6.45, 7) is 3.09. The maximum absolute atomic E-state index is 12.2. The monoisotopic (exact) mass is 337 g/mol. The number of carbonyl (C=O) groups excluding carboxylic acids is 2. The molecule has 2 N–H and O–H groups in total. The van der Waals surface area contributed by atoms with Gasteiger partial charge in [0.05, 0.1) is 13.0 Å². The van der Waals surface area contributed by atoms with Crippen LogP contribution < -0.4 is 15.8 Å². The third-order valence-corrected chi connectivity index (χ3v) is 4.37. The highest BCUT2D eigenvalue weighted by atomic mass is 16.2. The molecule has 2 amide bonds. The second-order valence-electron chi connectivity index (χ2n) is 6.41. The second-order valence-corrected chi connectivity index (χ2v) is 6.41. The number of benzene rings is 2. The van der Waals surface area contributed by atoms with Crippen molar-refractivity contribution < 1.29 is 9.59 Å². The van der Waals surface area contributed by atoms with Crippen molar-refractivity contribution in [2.24, 2.45) is 0 Å². The minimum Gasteiger partial charge on any atom is -0.362 e. The van der Waals surface area contributed by atoms with Crippen LogP contribution in [0.25, 0.3) is 0 Å². The SMILES string of the molecule is Cc1ccc(CC(=O)NNC(=O)CN2CCCc3ccccc32)cc1. The van der Waals surface area contributed by atoms with Gasteiger partial charge < -0.3 is 4.90 Å². The van der Waals surface area contributed by atoms with Gasteiger partial charge in [0.15, 0.2) is 0 Å². The van der Waals surface area contributed by atoms with E-state index in [4.69, 9.17) is 0 Å². The fourth-order valence-corrected chi connectivity index (χ4v) is 3.06. The van der Waals surface area contributed by atoms with Gasteiger partial charge in [-0.3, -0.25) is 20.4 Å². The quantitative estimate of drug-likeness (QED) is 0.840. The van der Waals surface area contributed by atoms with Crippen molar-refractivity contribution in [1.29, 1.82) is 0 Å². The zero-order valence-electron chi connectivity index (χ0n) is 14.4. The smallest absolute Gasteiger partial charge is 0.257 e. The highest BCUT2D eigenvalue weighted by molar-refractivity contribution is 5.86. The average Bonchev–Trinajstić information content (AvgIpc) is 2.62. The highest BCUT2D eigenvalue weighted by Crippen LogP contribution is 2.26. The molecule has 5 nitrogen and oxygen atoms in total. The predicted octanol–water partition coefficient (Wildman–Crippen LogP) is 2.14. The lowest BCUT2D eigenvalue weighted by atomic mass is 10.0. The summed E-state index contributed by atoms with van der Waals surface area (Å²) in [7, 11) is 0. The van der Waals surface area contributed by atoms with Gasteiger partial charge >= 0.3 is 0 Å². The highest BCUT2D eigenvalue weighted by Gasteiger charge is 2.18. The van der Waals surface area contributed by atoms with Crippen LogP contribution in [0.3, 0.4) is 0 Å². The molecule has 0 saturated carbocycles. The number of aryl methyl sites for hydroxylation is 2. The van der Waals surface area contributed by atoms with Crippen molar-refractivity contribution in [2.45, 2.75) is 26.2 Å². The van der Waals surface area contributed by atoms with Crippen LogP contribution in [-0.4, -0.2) is 24.9 Å². The summed E-state index contributed by atoms with van der Waals surface area (Å²) in [5, 5.41) is 0. The van der Waals surface area contributed by atoms with E-state index in [1.165, 1.54) is 5.56 Å². The first-order valence-electron chi connectivity index (χ1n) is 8.58. The molecule has 0 radical (unpaired) electrons. The lowest BCUT2D eigenvalue weighted by molar-refractivity contribution is -0.127. The molecule has 0 unspecified atom stereocenters. The molecule has 3 rings (SSSR count). The van der Waals surface area contributed by atoms with Crippen LogP contribution >= 0.6 is 0 Å². The number of fused-ring (bicyclic) bond motifs is 1. The van der Waals surface area contributed by atoms with E-state index >= 15 is 0 Å². The van der Waals surface area contributed by atoms with Crippen molar-refractivity contribution >= 4 is 17.5 Å². The summed E-state index contributed by atoms with van der Waals surface area (Å²) in [5.74, 6) is -0.440. The number of rotatable bonds is 4. The Morgan fingerprint density at radius 1 is 1.00 bits per heavy atom. The van der Waals surface area contributed by atoms with E-state index < -0.39 is 0 Å². The predicted molar refractivity (Wildman–Crippen MR) is 98.1 cm³/mol. The van der Waals surface area contributed by atoms with Crippen LogP contribution in [0, 0.1) is 6.92 Å². The van der Waals surface area contributed by atoms with Crippen LogP contribution in [0.15, 0.2) is 48.5 Å². The molecule has 0 bridgehead atoms. The van der Waals surface area contributed by atoms with Crippen LogP contribution in [0.2, 0.25) is 0 Å². The van der Waals surface area contributed by atoms with E-state index in [9.17, 15) is 9.59 Å². The Morgan fingerprint density at radius 2 is 1.72 bits per heavy atom. The van der Waals surface area contributed by atoms with E-state index in [1.807, 2.05) is 49.4 Å². The first kappa shape index (κ1) is 17.0. The summed E-state index contributed by atoms with van der Waals surface area (Å²) in [6.07, 6.45) is 2.32. The standard InChI is InChI=1S/C20H23N3O2/c1-15-8-10-16(11-9-15)13-19(24)21-22-20(25)14-23-12-4-6-17-5-2-3-7-18(17)23/h2-3,5,7-11H,4,6,12-14H2,1H3,(H,21,24)(H,22,25). The molecule has 25 heavy (non-hydrogen) atoms.